The van der Waals surface area contributed by atoms with Gasteiger partial charge in [0, 0.05) is 43.8 Å². The topological polar surface area (TPSA) is 65.8 Å². The smallest absolute Gasteiger partial charge is 0.341 e. The van der Waals surface area contributed by atoms with Crippen LogP contribution < -0.4 is 10.3 Å². The van der Waals surface area contributed by atoms with Crippen molar-refractivity contribution in [2.75, 3.05) is 38.1 Å². The number of fused-ring (bicyclic) bond motifs is 1. The number of carbonyl (C=O) groups is 1. The van der Waals surface area contributed by atoms with Crippen molar-refractivity contribution >= 4 is 34.2 Å². The van der Waals surface area contributed by atoms with Crippen LogP contribution >= 0.6 is 11.6 Å². The van der Waals surface area contributed by atoms with Crippen LogP contribution in [0.5, 0.6) is 0 Å². The molecule has 0 atom stereocenters. The molecule has 2 aliphatic rings. The van der Waals surface area contributed by atoms with Gasteiger partial charge >= 0.3 is 5.97 Å². The molecular formula is C18H20ClN3O3. The molecule has 1 saturated carbocycles. The van der Waals surface area contributed by atoms with E-state index < -0.39 is 11.4 Å². The normalized spacial score (nSPS) is 18.7. The van der Waals surface area contributed by atoms with Crippen molar-refractivity contribution in [1.82, 2.24) is 9.47 Å². The van der Waals surface area contributed by atoms with Crippen molar-refractivity contribution < 1.29 is 9.90 Å². The lowest BCUT2D eigenvalue weighted by Gasteiger charge is -2.34. The van der Waals surface area contributed by atoms with Gasteiger partial charge in [-0.25, -0.2) is 4.79 Å². The van der Waals surface area contributed by atoms with Crippen LogP contribution in [0.1, 0.15) is 29.2 Å². The van der Waals surface area contributed by atoms with Crippen molar-refractivity contribution in [2.24, 2.45) is 0 Å². The number of pyridine rings is 1. The third-order valence-electron chi connectivity index (χ3n) is 5.12. The maximum atomic E-state index is 12.6. The molecule has 1 saturated heterocycles. The molecule has 1 aromatic heterocycles. The van der Waals surface area contributed by atoms with Crippen LogP contribution in [0.2, 0.25) is 5.02 Å². The summed E-state index contributed by atoms with van der Waals surface area (Å²) in [5.74, 6) is -1.19. The van der Waals surface area contributed by atoms with Crippen LogP contribution in [0, 0.1) is 0 Å². The van der Waals surface area contributed by atoms with Gasteiger partial charge in [0.25, 0.3) is 0 Å². The zero-order valence-corrected chi connectivity index (χ0v) is 14.8. The Morgan fingerprint density at radius 2 is 1.88 bits per heavy atom. The minimum absolute atomic E-state index is 0.192. The van der Waals surface area contributed by atoms with Gasteiger partial charge in [0.05, 0.1) is 16.2 Å². The second kappa shape index (κ2) is 6.04. The molecule has 0 bridgehead atoms. The number of anilines is 1. The number of piperazine rings is 1. The highest BCUT2D eigenvalue weighted by atomic mass is 35.5. The van der Waals surface area contributed by atoms with Gasteiger partial charge in [0.2, 0.25) is 5.43 Å². The first-order chi connectivity index (χ1) is 12.0. The molecule has 132 valence electrons. The molecule has 2 aromatic rings. The van der Waals surface area contributed by atoms with Crippen molar-refractivity contribution in [2.45, 2.75) is 18.9 Å². The molecule has 0 amide bonds. The number of likely N-dealkylation sites (N-methyl/N-ethyl adjacent to an activating group) is 1. The Labute approximate surface area is 150 Å². The van der Waals surface area contributed by atoms with Gasteiger partial charge < -0.3 is 19.5 Å². The number of benzene rings is 1. The molecule has 25 heavy (non-hydrogen) atoms. The largest absolute Gasteiger partial charge is 0.477 e. The molecule has 6 nitrogen and oxygen atoms in total. The molecular weight excluding hydrogens is 342 g/mol. The zero-order chi connectivity index (χ0) is 17.7. The van der Waals surface area contributed by atoms with Gasteiger partial charge in [0.15, 0.2) is 0 Å². The molecule has 0 unspecified atom stereocenters. The number of carboxylic acid groups (broad SMARTS) is 1. The van der Waals surface area contributed by atoms with E-state index >= 15 is 0 Å². The Morgan fingerprint density at radius 1 is 1.20 bits per heavy atom. The zero-order valence-electron chi connectivity index (χ0n) is 14.0. The first-order valence-electron chi connectivity index (χ1n) is 8.51. The molecule has 7 heteroatoms. The van der Waals surface area contributed by atoms with E-state index in [1.807, 2.05) is 10.6 Å². The Kier molecular flexibility index (Phi) is 3.96. The van der Waals surface area contributed by atoms with E-state index in [0.717, 1.165) is 50.2 Å². The quantitative estimate of drug-likeness (QED) is 0.909. The van der Waals surface area contributed by atoms with E-state index in [9.17, 15) is 14.7 Å². The number of hydrogen-bond donors (Lipinski definition) is 1. The van der Waals surface area contributed by atoms with Crippen LogP contribution in [0.25, 0.3) is 10.9 Å². The molecule has 0 radical (unpaired) electrons. The number of hydrogen-bond acceptors (Lipinski definition) is 4. The monoisotopic (exact) mass is 361 g/mol. The molecule has 1 N–H and O–H groups in total. The number of aromatic nitrogens is 1. The molecule has 1 aliphatic heterocycles. The van der Waals surface area contributed by atoms with Crippen LogP contribution in [-0.2, 0) is 0 Å². The standard InChI is InChI=1S/C18H20ClN3O3/c1-20-4-6-21(7-5-20)16-9-15-12(8-14(16)19)17(23)13(18(24)25)10-22(15)11-2-3-11/h8-11H,2-7H2,1H3,(H,24,25). The summed E-state index contributed by atoms with van der Waals surface area (Å²) in [6, 6.07) is 3.86. The second-order valence-electron chi connectivity index (χ2n) is 6.93. The first-order valence-corrected chi connectivity index (χ1v) is 8.88. The summed E-state index contributed by atoms with van der Waals surface area (Å²) in [5.41, 5.74) is 1.03. The molecule has 1 aromatic carbocycles. The first kappa shape index (κ1) is 16.4. The van der Waals surface area contributed by atoms with E-state index in [4.69, 9.17) is 11.6 Å². The highest BCUT2D eigenvalue weighted by Crippen LogP contribution is 2.39. The van der Waals surface area contributed by atoms with E-state index in [1.54, 1.807) is 6.07 Å². The Bertz CT molecular complexity index is 912. The van der Waals surface area contributed by atoms with Gasteiger partial charge in [-0.3, -0.25) is 4.79 Å². The maximum Gasteiger partial charge on any atom is 0.341 e. The Balaban J connectivity index is 1.90. The Morgan fingerprint density at radius 3 is 2.48 bits per heavy atom. The average Bonchev–Trinajstić information content (AvgIpc) is 3.41. The summed E-state index contributed by atoms with van der Waals surface area (Å²) >= 11 is 6.47. The number of nitrogens with zero attached hydrogens (tertiary/aromatic N) is 3. The van der Waals surface area contributed by atoms with E-state index in [-0.39, 0.29) is 11.6 Å². The van der Waals surface area contributed by atoms with Crippen LogP contribution in [0.15, 0.2) is 23.1 Å². The third kappa shape index (κ3) is 2.89. The average molecular weight is 362 g/mol. The predicted octanol–water partition coefficient (Wildman–Crippen LogP) is 2.44. The summed E-state index contributed by atoms with van der Waals surface area (Å²) in [4.78, 5) is 28.5. The predicted molar refractivity (Wildman–Crippen MR) is 98.2 cm³/mol. The van der Waals surface area contributed by atoms with Gasteiger partial charge in [0.1, 0.15) is 5.56 Å². The summed E-state index contributed by atoms with van der Waals surface area (Å²) < 4.78 is 1.94. The summed E-state index contributed by atoms with van der Waals surface area (Å²) in [5, 5.41) is 10.2. The fourth-order valence-corrected chi connectivity index (χ4v) is 3.74. The summed E-state index contributed by atoms with van der Waals surface area (Å²) in [7, 11) is 2.09. The van der Waals surface area contributed by atoms with Crippen molar-refractivity contribution in [3.05, 3.63) is 39.1 Å². The summed E-state index contributed by atoms with van der Waals surface area (Å²) in [6.45, 7) is 3.68. The minimum atomic E-state index is -1.19. The fraction of sp³-hybridized carbons (Fsp3) is 0.444. The highest BCUT2D eigenvalue weighted by Gasteiger charge is 2.28. The fourth-order valence-electron chi connectivity index (χ4n) is 3.46. The van der Waals surface area contributed by atoms with Crippen molar-refractivity contribution in [1.29, 1.82) is 0 Å². The lowest BCUT2D eigenvalue weighted by molar-refractivity contribution is 0.0695. The van der Waals surface area contributed by atoms with Crippen molar-refractivity contribution in [3.8, 4) is 0 Å². The van der Waals surface area contributed by atoms with E-state index in [0.29, 0.717) is 10.4 Å². The van der Waals surface area contributed by atoms with Gasteiger partial charge in [-0.05, 0) is 32.0 Å². The lowest BCUT2D eigenvalue weighted by atomic mass is 10.1. The molecule has 0 spiro atoms. The molecule has 4 rings (SSSR count). The molecule has 2 heterocycles. The molecule has 1 aliphatic carbocycles. The number of carboxylic acids is 1. The second-order valence-corrected chi connectivity index (χ2v) is 7.33. The Hall–Kier alpha value is -2.05. The third-order valence-corrected chi connectivity index (χ3v) is 5.42. The summed E-state index contributed by atoms with van der Waals surface area (Å²) in [6.07, 6.45) is 3.50. The lowest BCUT2D eigenvalue weighted by Crippen LogP contribution is -2.44. The minimum Gasteiger partial charge on any atom is -0.477 e. The van der Waals surface area contributed by atoms with Crippen molar-refractivity contribution in [3.63, 3.8) is 0 Å². The van der Waals surface area contributed by atoms with Gasteiger partial charge in [-0.1, -0.05) is 11.6 Å². The van der Waals surface area contributed by atoms with Gasteiger partial charge in [-0.2, -0.15) is 0 Å². The maximum absolute atomic E-state index is 12.6. The number of aromatic carboxylic acids is 1. The van der Waals surface area contributed by atoms with Crippen LogP contribution in [0.4, 0.5) is 5.69 Å². The highest BCUT2D eigenvalue weighted by molar-refractivity contribution is 6.34. The van der Waals surface area contributed by atoms with E-state index in [2.05, 4.69) is 16.8 Å². The number of rotatable bonds is 3. The number of halogens is 1. The SMILES string of the molecule is CN1CCN(c2cc3c(cc2Cl)c(=O)c(C(=O)O)cn3C2CC2)CC1. The van der Waals surface area contributed by atoms with E-state index in [1.165, 1.54) is 6.20 Å². The van der Waals surface area contributed by atoms with Crippen LogP contribution in [0.3, 0.4) is 0 Å². The van der Waals surface area contributed by atoms with Gasteiger partial charge in [-0.15, -0.1) is 0 Å². The molecule has 2 fully saturated rings. The van der Waals surface area contributed by atoms with Crippen LogP contribution in [-0.4, -0.2) is 53.8 Å².